The van der Waals surface area contributed by atoms with Crippen molar-refractivity contribution in [2.45, 2.75) is 40.5 Å². The number of thiazole rings is 1. The maximum absolute atomic E-state index is 12.4. The van der Waals surface area contributed by atoms with Gasteiger partial charge in [-0.05, 0) is 50.8 Å². The molecule has 0 saturated heterocycles. The number of aryl methyl sites for hydroxylation is 4. The molecule has 0 unspecified atom stereocenters. The van der Waals surface area contributed by atoms with E-state index in [9.17, 15) is 4.79 Å². The van der Waals surface area contributed by atoms with Crippen LogP contribution in [0.1, 0.15) is 35.1 Å². The molecule has 4 aromatic rings. The first-order valence-corrected chi connectivity index (χ1v) is 11.2. The first kappa shape index (κ1) is 21.1. The van der Waals surface area contributed by atoms with Gasteiger partial charge < -0.3 is 4.74 Å². The predicted molar refractivity (Wildman–Crippen MR) is 125 cm³/mol. The van der Waals surface area contributed by atoms with Crippen molar-refractivity contribution in [3.8, 4) is 17.0 Å². The van der Waals surface area contributed by atoms with Gasteiger partial charge in [0.15, 0.2) is 0 Å². The van der Waals surface area contributed by atoms with Crippen LogP contribution < -0.4 is 10.1 Å². The fourth-order valence-corrected chi connectivity index (χ4v) is 4.46. The van der Waals surface area contributed by atoms with E-state index in [1.54, 1.807) is 4.52 Å². The molecular formula is C24H26N4O2S. The topological polar surface area (TPSA) is 68.5 Å². The molecule has 1 N–H and O–H groups in total. The third kappa shape index (κ3) is 4.61. The van der Waals surface area contributed by atoms with Crippen molar-refractivity contribution in [2.75, 3.05) is 11.9 Å². The molecule has 0 aliphatic carbocycles. The molecule has 7 heteroatoms. The molecule has 0 aliphatic rings. The summed E-state index contributed by atoms with van der Waals surface area (Å²) < 4.78 is 7.67. The number of nitrogens with one attached hydrogen (secondary N) is 1. The first-order chi connectivity index (χ1) is 14.9. The van der Waals surface area contributed by atoms with Crippen LogP contribution in [0.2, 0.25) is 0 Å². The van der Waals surface area contributed by atoms with Gasteiger partial charge in [-0.2, -0.15) is 4.98 Å². The molecule has 2 aromatic carbocycles. The zero-order chi connectivity index (χ0) is 22.0. The average Bonchev–Trinajstić information content (AvgIpc) is 3.27. The minimum Gasteiger partial charge on any atom is -0.493 e. The normalized spacial score (nSPS) is 11.1. The van der Waals surface area contributed by atoms with Crippen LogP contribution in [0.15, 0.2) is 41.8 Å². The number of benzene rings is 2. The van der Waals surface area contributed by atoms with Crippen molar-refractivity contribution < 1.29 is 9.53 Å². The number of amides is 1. The van der Waals surface area contributed by atoms with Crippen molar-refractivity contribution in [3.05, 3.63) is 64.0 Å². The van der Waals surface area contributed by atoms with Crippen LogP contribution in [-0.2, 0) is 4.79 Å². The molecule has 31 heavy (non-hydrogen) atoms. The Morgan fingerprint density at radius 3 is 2.61 bits per heavy atom. The summed E-state index contributed by atoms with van der Waals surface area (Å²) in [7, 11) is 0. The molecule has 0 atom stereocenters. The molecule has 0 saturated carbocycles. The number of carbonyl (C=O) groups is 1. The van der Waals surface area contributed by atoms with Gasteiger partial charge >= 0.3 is 0 Å². The van der Waals surface area contributed by atoms with Gasteiger partial charge in [0.05, 0.1) is 12.3 Å². The molecule has 6 nitrogen and oxygen atoms in total. The third-order valence-electron chi connectivity index (χ3n) is 5.19. The first-order valence-electron chi connectivity index (χ1n) is 10.3. The minimum atomic E-state index is -0.114. The highest BCUT2D eigenvalue weighted by atomic mass is 32.1. The molecule has 0 fully saturated rings. The Labute approximate surface area is 185 Å². The van der Waals surface area contributed by atoms with E-state index < -0.39 is 0 Å². The van der Waals surface area contributed by atoms with Gasteiger partial charge in [-0.25, -0.2) is 4.52 Å². The Morgan fingerprint density at radius 1 is 1.10 bits per heavy atom. The summed E-state index contributed by atoms with van der Waals surface area (Å²) >= 11 is 1.51. The Balaban J connectivity index is 1.36. The number of carbonyl (C=O) groups excluding carboxylic acids is 1. The molecule has 0 bridgehead atoms. The second kappa shape index (κ2) is 8.89. The summed E-state index contributed by atoms with van der Waals surface area (Å²) in [5.41, 5.74) is 6.71. The van der Waals surface area contributed by atoms with Crippen molar-refractivity contribution in [1.82, 2.24) is 14.6 Å². The second-order valence-electron chi connectivity index (χ2n) is 7.79. The van der Waals surface area contributed by atoms with E-state index in [1.165, 1.54) is 22.5 Å². The Bertz CT molecular complexity index is 1220. The predicted octanol–water partition coefficient (Wildman–Crippen LogP) is 5.49. The summed E-state index contributed by atoms with van der Waals surface area (Å²) in [6, 6.07) is 12.4. The number of aromatic nitrogens is 3. The lowest BCUT2D eigenvalue weighted by Gasteiger charge is -2.11. The minimum absolute atomic E-state index is 0.114. The van der Waals surface area contributed by atoms with Crippen LogP contribution >= 0.6 is 11.3 Å². The zero-order valence-electron chi connectivity index (χ0n) is 18.2. The summed E-state index contributed by atoms with van der Waals surface area (Å²) in [5.74, 6) is 1.12. The van der Waals surface area contributed by atoms with E-state index in [2.05, 4.69) is 47.4 Å². The quantitative estimate of drug-likeness (QED) is 0.391. The number of fused-ring (bicyclic) bond motifs is 1. The van der Waals surface area contributed by atoms with Crippen molar-refractivity contribution in [2.24, 2.45) is 0 Å². The largest absolute Gasteiger partial charge is 0.493 e. The molecule has 4 rings (SSSR count). The van der Waals surface area contributed by atoms with E-state index in [0.717, 1.165) is 33.1 Å². The maximum atomic E-state index is 12.4. The van der Waals surface area contributed by atoms with Gasteiger partial charge in [0.25, 0.3) is 0 Å². The number of hydrogen-bond donors (Lipinski definition) is 1. The van der Waals surface area contributed by atoms with Crippen molar-refractivity contribution >= 4 is 28.2 Å². The van der Waals surface area contributed by atoms with Gasteiger partial charge in [0.2, 0.25) is 16.8 Å². The molecule has 0 aliphatic heterocycles. The van der Waals surface area contributed by atoms with E-state index >= 15 is 0 Å². The molecular weight excluding hydrogens is 408 g/mol. The third-order valence-corrected chi connectivity index (χ3v) is 6.01. The van der Waals surface area contributed by atoms with Gasteiger partial charge in [-0.3, -0.25) is 10.1 Å². The Kier molecular flexibility index (Phi) is 6.04. The van der Waals surface area contributed by atoms with Gasteiger partial charge in [0, 0.05) is 17.4 Å². The van der Waals surface area contributed by atoms with Crippen LogP contribution in [0.3, 0.4) is 0 Å². The van der Waals surface area contributed by atoms with Crippen LogP contribution in [-0.4, -0.2) is 27.1 Å². The van der Waals surface area contributed by atoms with Crippen LogP contribution in [0, 0.1) is 27.7 Å². The van der Waals surface area contributed by atoms with E-state index in [0.29, 0.717) is 25.4 Å². The smallest absolute Gasteiger partial charge is 0.250 e. The Morgan fingerprint density at radius 2 is 1.87 bits per heavy atom. The van der Waals surface area contributed by atoms with Crippen molar-refractivity contribution in [3.63, 3.8) is 0 Å². The average molecular weight is 435 g/mol. The molecule has 1 amide bonds. The maximum Gasteiger partial charge on any atom is 0.250 e. The number of ether oxygens (including phenoxy) is 1. The van der Waals surface area contributed by atoms with E-state index in [1.807, 2.05) is 37.4 Å². The number of rotatable bonds is 7. The van der Waals surface area contributed by atoms with Crippen LogP contribution in [0.4, 0.5) is 5.95 Å². The number of hydrogen-bond acceptors (Lipinski definition) is 5. The highest BCUT2D eigenvalue weighted by Gasteiger charge is 2.15. The SMILES string of the molecule is Cc1ccc(-c2csc3nc(NC(=O)CCCOc4c(C)cccc4C)nn23)c(C)c1. The fourth-order valence-electron chi connectivity index (χ4n) is 3.64. The highest BCUT2D eigenvalue weighted by molar-refractivity contribution is 7.15. The van der Waals surface area contributed by atoms with Crippen LogP contribution in [0.25, 0.3) is 16.2 Å². The summed E-state index contributed by atoms with van der Waals surface area (Å²) in [6.07, 6.45) is 0.970. The number of nitrogens with zero attached hydrogens (tertiary/aromatic N) is 3. The summed E-state index contributed by atoms with van der Waals surface area (Å²) in [4.78, 5) is 17.6. The molecule has 2 heterocycles. The van der Waals surface area contributed by atoms with Gasteiger partial charge in [0.1, 0.15) is 5.75 Å². The van der Waals surface area contributed by atoms with Gasteiger partial charge in [-0.1, -0.05) is 42.0 Å². The lowest BCUT2D eigenvalue weighted by Crippen LogP contribution is -2.14. The highest BCUT2D eigenvalue weighted by Crippen LogP contribution is 2.29. The van der Waals surface area contributed by atoms with E-state index in [-0.39, 0.29) is 5.91 Å². The lowest BCUT2D eigenvalue weighted by atomic mass is 10.0. The number of anilines is 1. The monoisotopic (exact) mass is 434 g/mol. The van der Waals surface area contributed by atoms with Crippen molar-refractivity contribution in [1.29, 1.82) is 0 Å². The van der Waals surface area contributed by atoms with Crippen LogP contribution in [0.5, 0.6) is 5.75 Å². The fraction of sp³-hybridized carbons (Fsp3) is 0.292. The zero-order valence-corrected chi connectivity index (χ0v) is 19.0. The summed E-state index contributed by atoms with van der Waals surface area (Å²) in [5, 5.41) is 9.36. The number of para-hydroxylation sites is 1. The summed E-state index contributed by atoms with van der Waals surface area (Å²) in [6.45, 7) is 8.71. The molecule has 0 radical (unpaired) electrons. The lowest BCUT2D eigenvalue weighted by molar-refractivity contribution is -0.116. The Hall–Kier alpha value is -3.19. The van der Waals surface area contributed by atoms with Gasteiger partial charge in [-0.15, -0.1) is 16.4 Å². The standard InChI is InChI=1S/C24H26N4O2S/c1-15-10-11-19(18(4)13-15)20-14-31-24-26-23(27-28(20)24)25-21(29)9-6-12-30-22-16(2)7-5-8-17(22)3/h5,7-8,10-11,13-14H,6,9,12H2,1-4H3,(H,25,27,29). The second-order valence-corrected chi connectivity index (χ2v) is 8.63. The molecule has 2 aromatic heterocycles. The molecule has 160 valence electrons. The van der Waals surface area contributed by atoms with E-state index in [4.69, 9.17) is 4.74 Å². The molecule has 0 spiro atoms.